The van der Waals surface area contributed by atoms with Crippen molar-refractivity contribution in [1.82, 2.24) is 10.2 Å². The van der Waals surface area contributed by atoms with E-state index in [4.69, 9.17) is 5.26 Å². The van der Waals surface area contributed by atoms with Crippen LogP contribution < -0.4 is 5.32 Å². The Morgan fingerprint density at radius 2 is 2.00 bits per heavy atom. The van der Waals surface area contributed by atoms with E-state index in [1.807, 2.05) is 0 Å². The van der Waals surface area contributed by atoms with Crippen LogP contribution in [0.5, 0.6) is 11.5 Å². The van der Waals surface area contributed by atoms with Gasteiger partial charge in [-0.3, -0.25) is 4.90 Å². The first-order valence-electron chi connectivity index (χ1n) is 6.06. The largest absolute Gasteiger partial charge is 0.504 e. The van der Waals surface area contributed by atoms with Crippen LogP contribution >= 0.6 is 0 Å². The van der Waals surface area contributed by atoms with Crippen LogP contribution in [0.25, 0.3) is 0 Å². The number of hydrogen-bond donors (Lipinski definition) is 3. The standard InChI is InChI=1S/C13H17N3O2/c14-4-3-11(16-7-5-15-6-8-16)10-1-2-12(17)13(18)9-10/h1-2,9,11,15,17-18H,3,5-8H2/t11-/m1/s1. The fourth-order valence-electron chi connectivity index (χ4n) is 2.29. The van der Waals surface area contributed by atoms with Gasteiger partial charge in [-0.2, -0.15) is 5.26 Å². The molecule has 3 N–H and O–H groups in total. The Kier molecular flexibility index (Phi) is 4.03. The Hall–Kier alpha value is -1.77. The maximum absolute atomic E-state index is 9.55. The van der Waals surface area contributed by atoms with Gasteiger partial charge in [0.25, 0.3) is 0 Å². The molecule has 1 aromatic rings. The Balaban J connectivity index is 2.22. The van der Waals surface area contributed by atoms with E-state index in [1.54, 1.807) is 12.1 Å². The maximum atomic E-state index is 9.55. The van der Waals surface area contributed by atoms with E-state index in [2.05, 4.69) is 16.3 Å². The zero-order valence-electron chi connectivity index (χ0n) is 10.1. The van der Waals surface area contributed by atoms with E-state index in [-0.39, 0.29) is 17.5 Å². The van der Waals surface area contributed by atoms with Crippen LogP contribution in [0, 0.1) is 11.3 Å². The van der Waals surface area contributed by atoms with Gasteiger partial charge in [0.1, 0.15) is 0 Å². The first-order chi connectivity index (χ1) is 8.72. The fourth-order valence-corrected chi connectivity index (χ4v) is 2.29. The Morgan fingerprint density at radius 1 is 1.28 bits per heavy atom. The quantitative estimate of drug-likeness (QED) is 0.693. The van der Waals surface area contributed by atoms with Crippen molar-refractivity contribution in [3.8, 4) is 17.6 Å². The smallest absolute Gasteiger partial charge is 0.157 e. The molecule has 2 rings (SSSR count). The molecule has 1 atom stereocenters. The molecule has 1 heterocycles. The van der Waals surface area contributed by atoms with Crippen LogP contribution in [0.3, 0.4) is 0 Å². The zero-order chi connectivity index (χ0) is 13.0. The summed E-state index contributed by atoms with van der Waals surface area (Å²) in [5.74, 6) is -0.264. The lowest BCUT2D eigenvalue weighted by molar-refractivity contribution is 0.175. The van der Waals surface area contributed by atoms with E-state index in [0.29, 0.717) is 6.42 Å². The third kappa shape index (κ3) is 2.73. The minimum Gasteiger partial charge on any atom is -0.504 e. The number of nitrogens with one attached hydrogen (secondary N) is 1. The van der Waals surface area contributed by atoms with Gasteiger partial charge in [-0.15, -0.1) is 0 Å². The van der Waals surface area contributed by atoms with Gasteiger partial charge in [0.2, 0.25) is 0 Å². The SMILES string of the molecule is N#CC[C@H](c1ccc(O)c(O)c1)N1CCNCC1. The average Bonchev–Trinajstić information content (AvgIpc) is 2.40. The van der Waals surface area contributed by atoms with Crippen molar-refractivity contribution in [2.75, 3.05) is 26.2 Å². The zero-order valence-corrected chi connectivity index (χ0v) is 10.1. The normalized spacial score (nSPS) is 18.2. The number of nitriles is 1. The summed E-state index contributed by atoms with van der Waals surface area (Å²) in [7, 11) is 0. The molecule has 0 saturated carbocycles. The van der Waals surface area contributed by atoms with Gasteiger partial charge in [0.05, 0.1) is 12.5 Å². The second kappa shape index (κ2) is 5.71. The Bertz CT molecular complexity index is 450. The molecule has 0 radical (unpaired) electrons. The minimum atomic E-state index is -0.134. The molecule has 1 aliphatic rings. The summed E-state index contributed by atoms with van der Waals surface area (Å²) in [5, 5.41) is 31.1. The average molecular weight is 247 g/mol. The van der Waals surface area contributed by atoms with Crippen LogP contribution in [-0.2, 0) is 0 Å². The molecule has 0 spiro atoms. The molecule has 1 fully saturated rings. The molecule has 18 heavy (non-hydrogen) atoms. The van der Waals surface area contributed by atoms with E-state index in [0.717, 1.165) is 31.7 Å². The highest BCUT2D eigenvalue weighted by Crippen LogP contribution is 2.31. The van der Waals surface area contributed by atoms with E-state index >= 15 is 0 Å². The van der Waals surface area contributed by atoms with Crippen LogP contribution in [0.2, 0.25) is 0 Å². The van der Waals surface area contributed by atoms with E-state index < -0.39 is 0 Å². The Labute approximate surface area is 106 Å². The summed E-state index contributed by atoms with van der Waals surface area (Å²) >= 11 is 0. The summed E-state index contributed by atoms with van der Waals surface area (Å²) < 4.78 is 0. The maximum Gasteiger partial charge on any atom is 0.157 e. The van der Waals surface area contributed by atoms with Crippen LogP contribution in [0.15, 0.2) is 18.2 Å². The Morgan fingerprint density at radius 3 is 2.61 bits per heavy atom. The molecule has 0 aromatic heterocycles. The highest BCUT2D eigenvalue weighted by Gasteiger charge is 2.22. The van der Waals surface area contributed by atoms with Crippen LogP contribution in [-0.4, -0.2) is 41.3 Å². The fraction of sp³-hybridized carbons (Fsp3) is 0.462. The first kappa shape index (κ1) is 12.7. The number of phenols is 2. The highest BCUT2D eigenvalue weighted by atomic mass is 16.3. The number of nitrogens with zero attached hydrogens (tertiary/aromatic N) is 2. The number of hydrogen-bond acceptors (Lipinski definition) is 5. The van der Waals surface area contributed by atoms with Crippen molar-refractivity contribution in [2.24, 2.45) is 0 Å². The molecule has 1 aromatic carbocycles. The molecule has 1 saturated heterocycles. The molecule has 1 aliphatic heterocycles. The number of rotatable bonds is 3. The van der Waals surface area contributed by atoms with Crippen molar-refractivity contribution in [1.29, 1.82) is 5.26 Å². The van der Waals surface area contributed by atoms with Crippen LogP contribution in [0.1, 0.15) is 18.0 Å². The lowest BCUT2D eigenvalue weighted by atomic mass is 10.0. The lowest BCUT2D eigenvalue weighted by Gasteiger charge is -2.34. The van der Waals surface area contributed by atoms with Crippen molar-refractivity contribution < 1.29 is 10.2 Å². The van der Waals surface area contributed by atoms with Gasteiger partial charge < -0.3 is 15.5 Å². The van der Waals surface area contributed by atoms with Crippen molar-refractivity contribution in [2.45, 2.75) is 12.5 Å². The van der Waals surface area contributed by atoms with Crippen molar-refractivity contribution in [3.63, 3.8) is 0 Å². The summed E-state index contributed by atoms with van der Waals surface area (Å²) in [4.78, 5) is 2.23. The van der Waals surface area contributed by atoms with Gasteiger partial charge >= 0.3 is 0 Å². The van der Waals surface area contributed by atoms with Gasteiger partial charge in [0, 0.05) is 32.2 Å². The highest BCUT2D eigenvalue weighted by molar-refractivity contribution is 5.41. The number of phenolic OH excluding ortho intramolecular Hbond substituents is 2. The van der Waals surface area contributed by atoms with E-state index in [9.17, 15) is 10.2 Å². The van der Waals surface area contributed by atoms with E-state index in [1.165, 1.54) is 6.07 Å². The number of benzene rings is 1. The second-order valence-corrected chi connectivity index (χ2v) is 4.41. The molecule has 0 aliphatic carbocycles. The molecule has 96 valence electrons. The first-order valence-corrected chi connectivity index (χ1v) is 6.06. The molecule has 5 heteroatoms. The predicted octanol–water partition coefficient (Wildman–Crippen LogP) is 0.958. The van der Waals surface area contributed by atoms with Gasteiger partial charge in [-0.25, -0.2) is 0 Å². The molecule has 5 nitrogen and oxygen atoms in total. The molecule has 0 amide bonds. The third-order valence-electron chi connectivity index (χ3n) is 3.26. The lowest BCUT2D eigenvalue weighted by Crippen LogP contribution is -2.45. The topological polar surface area (TPSA) is 79.5 Å². The number of piperazine rings is 1. The molecule has 0 unspecified atom stereocenters. The van der Waals surface area contributed by atoms with Gasteiger partial charge in [0.15, 0.2) is 11.5 Å². The summed E-state index contributed by atoms with van der Waals surface area (Å²) in [6.07, 6.45) is 0.379. The number of aromatic hydroxyl groups is 2. The molecular weight excluding hydrogens is 230 g/mol. The summed E-state index contributed by atoms with van der Waals surface area (Å²) in [5.41, 5.74) is 0.869. The molecular formula is C13H17N3O2. The minimum absolute atomic E-state index is 0.0244. The second-order valence-electron chi connectivity index (χ2n) is 4.41. The van der Waals surface area contributed by atoms with Crippen molar-refractivity contribution in [3.05, 3.63) is 23.8 Å². The van der Waals surface area contributed by atoms with Gasteiger partial charge in [-0.1, -0.05) is 6.07 Å². The van der Waals surface area contributed by atoms with Crippen LogP contribution in [0.4, 0.5) is 0 Å². The predicted molar refractivity (Wildman–Crippen MR) is 67.2 cm³/mol. The summed E-state index contributed by atoms with van der Waals surface area (Å²) in [6, 6.07) is 6.94. The monoisotopic (exact) mass is 247 g/mol. The van der Waals surface area contributed by atoms with Crippen molar-refractivity contribution >= 4 is 0 Å². The third-order valence-corrected chi connectivity index (χ3v) is 3.26. The van der Waals surface area contributed by atoms with Gasteiger partial charge in [-0.05, 0) is 17.7 Å². The summed E-state index contributed by atoms with van der Waals surface area (Å²) in [6.45, 7) is 3.58. The molecule has 0 bridgehead atoms.